The molecule has 2 heteroatoms. The maximum atomic E-state index is 8.95. The molecular weight excluding hydrogens is 156 g/mol. The van der Waals surface area contributed by atoms with Crippen LogP contribution in [-0.2, 0) is 0 Å². The zero-order valence-electron chi connectivity index (χ0n) is 4.10. The van der Waals surface area contributed by atoms with E-state index in [0.717, 1.165) is 12.8 Å². The Balaban J connectivity index is 2.33. The van der Waals surface area contributed by atoms with E-state index in [1.54, 1.807) is 0 Å². The predicted molar refractivity (Wildman–Crippen MR) is 32.6 cm³/mol. The molecule has 42 valence electrons. The maximum absolute atomic E-state index is 8.95. The smallest absolute Gasteiger partial charge is 0.0665 e. The van der Waals surface area contributed by atoms with Crippen LogP contribution in [0.3, 0.4) is 0 Å². The van der Waals surface area contributed by atoms with Crippen LogP contribution < -0.4 is 0 Å². The second kappa shape index (κ2) is 2.14. The van der Waals surface area contributed by atoms with Crippen LogP contribution in [-0.4, -0.2) is 16.0 Å². The fourth-order valence-corrected chi connectivity index (χ4v) is 1.48. The lowest BCUT2D eigenvalue weighted by atomic mass is 10.3. The average molecular weight is 165 g/mol. The van der Waals surface area contributed by atoms with E-state index in [9.17, 15) is 0 Å². The van der Waals surface area contributed by atoms with Gasteiger partial charge >= 0.3 is 0 Å². The molecule has 0 spiro atoms. The van der Waals surface area contributed by atoms with Crippen LogP contribution in [0.15, 0.2) is 0 Å². The van der Waals surface area contributed by atoms with Crippen molar-refractivity contribution >= 4 is 15.9 Å². The summed E-state index contributed by atoms with van der Waals surface area (Å²) in [5, 5.41) is 8.95. The summed E-state index contributed by atoms with van der Waals surface area (Å²) >= 11 is 3.35. The SMILES string of the molecule is O[C@@H]1CCC[C@@H]1Br. The Morgan fingerprint density at radius 2 is 2.14 bits per heavy atom. The zero-order valence-corrected chi connectivity index (χ0v) is 5.69. The van der Waals surface area contributed by atoms with Crippen molar-refractivity contribution in [3.63, 3.8) is 0 Å². The molecule has 0 aliphatic heterocycles. The molecule has 0 saturated heterocycles. The first-order chi connectivity index (χ1) is 3.30. The van der Waals surface area contributed by atoms with E-state index in [0.29, 0.717) is 4.83 Å². The first kappa shape index (κ1) is 5.57. The monoisotopic (exact) mass is 164 g/mol. The van der Waals surface area contributed by atoms with Gasteiger partial charge in [-0.3, -0.25) is 0 Å². The fourth-order valence-electron chi connectivity index (χ4n) is 0.895. The Labute approximate surface area is 51.9 Å². The number of aliphatic hydroxyl groups excluding tert-OH is 1. The Hall–Kier alpha value is 0.440. The van der Waals surface area contributed by atoms with Crippen molar-refractivity contribution in [3.05, 3.63) is 0 Å². The normalized spacial score (nSPS) is 42.0. The van der Waals surface area contributed by atoms with Crippen molar-refractivity contribution in [1.82, 2.24) is 0 Å². The summed E-state index contributed by atoms with van der Waals surface area (Å²) in [6, 6.07) is 0. The number of halogens is 1. The molecule has 1 aliphatic rings. The van der Waals surface area contributed by atoms with Crippen LogP contribution in [0.1, 0.15) is 19.3 Å². The van der Waals surface area contributed by atoms with E-state index in [1.165, 1.54) is 6.42 Å². The van der Waals surface area contributed by atoms with Crippen LogP contribution in [0.2, 0.25) is 0 Å². The molecular formula is C5H9BrO. The third-order valence-electron chi connectivity index (χ3n) is 1.40. The van der Waals surface area contributed by atoms with Gasteiger partial charge in [-0.15, -0.1) is 0 Å². The molecule has 0 bridgehead atoms. The lowest BCUT2D eigenvalue weighted by molar-refractivity contribution is 0.189. The van der Waals surface area contributed by atoms with Gasteiger partial charge in [-0.25, -0.2) is 0 Å². The molecule has 2 atom stereocenters. The number of hydrogen-bond acceptors (Lipinski definition) is 1. The molecule has 0 heterocycles. The van der Waals surface area contributed by atoms with Gasteiger partial charge in [-0.2, -0.15) is 0 Å². The summed E-state index contributed by atoms with van der Waals surface area (Å²) in [5.41, 5.74) is 0. The van der Waals surface area contributed by atoms with Gasteiger partial charge in [0.1, 0.15) is 0 Å². The van der Waals surface area contributed by atoms with Crippen LogP contribution in [0, 0.1) is 0 Å². The molecule has 0 aromatic heterocycles. The van der Waals surface area contributed by atoms with Gasteiger partial charge < -0.3 is 5.11 Å². The lowest BCUT2D eigenvalue weighted by Crippen LogP contribution is -2.10. The molecule has 1 aliphatic carbocycles. The second-order valence-electron chi connectivity index (χ2n) is 2.01. The number of hydrogen-bond donors (Lipinski definition) is 1. The van der Waals surface area contributed by atoms with E-state index < -0.39 is 0 Å². The maximum Gasteiger partial charge on any atom is 0.0665 e. The van der Waals surface area contributed by atoms with Crippen LogP contribution in [0.5, 0.6) is 0 Å². The first-order valence-corrected chi connectivity index (χ1v) is 3.54. The second-order valence-corrected chi connectivity index (χ2v) is 3.19. The summed E-state index contributed by atoms with van der Waals surface area (Å²) < 4.78 is 0. The van der Waals surface area contributed by atoms with E-state index in [1.807, 2.05) is 0 Å². The molecule has 0 unspecified atom stereocenters. The predicted octanol–water partition coefficient (Wildman–Crippen LogP) is 1.29. The highest BCUT2D eigenvalue weighted by atomic mass is 79.9. The summed E-state index contributed by atoms with van der Waals surface area (Å²) in [5.74, 6) is 0. The van der Waals surface area contributed by atoms with E-state index >= 15 is 0 Å². The molecule has 0 amide bonds. The molecule has 0 aromatic rings. The highest BCUT2D eigenvalue weighted by Gasteiger charge is 2.21. The fraction of sp³-hybridized carbons (Fsp3) is 1.00. The van der Waals surface area contributed by atoms with Crippen LogP contribution in [0.4, 0.5) is 0 Å². The molecule has 1 saturated carbocycles. The Morgan fingerprint density at radius 1 is 1.43 bits per heavy atom. The highest BCUT2D eigenvalue weighted by Crippen LogP contribution is 2.24. The average Bonchev–Trinajstić information content (AvgIpc) is 1.91. The van der Waals surface area contributed by atoms with Gasteiger partial charge in [0, 0.05) is 4.83 Å². The van der Waals surface area contributed by atoms with Crippen molar-refractivity contribution in [2.75, 3.05) is 0 Å². The highest BCUT2D eigenvalue weighted by molar-refractivity contribution is 9.09. The quantitative estimate of drug-likeness (QED) is 0.536. The van der Waals surface area contributed by atoms with Gasteiger partial charge in [0.05, 0.1) is 6.10 Å². The van der Waals surface area contributed by atoms with Crippen molar-refractivity contribution in [3.8, 4) is 0 Å². The molecule has 1 nitrogen and oxygen atoms in total. The standard InChI is InChI=1S/C5H9BrO/c6-4-2-1-3-5(4)7/h4-5,7H,1-3H2/t4-,5+/m0/s1. The Morgan fingerprint density at radius 3 is 2.29 bits per heavy atom. The van der Waals surface area contributed by atoms with Crippen molar-refractivity contribution < 1.29 is 5.11 Å². The van der Waals surface area contributed by atoms with E-state index in [2.05, 4.69) is 15.9 Å². The third-order valence-corrected chi connectivity index (χ3v) is 2.47. The molecule has 7 heavy (non-hydrogen) atoms. The summed E-state index contributed by atoms with van der Waals surface area (Å²) in [6.45, 7) is 0. The Bertz CT molecular complexity index is 57.1. The van der Waals surface area contributed by atoms with Crippen molar-refractivity contribution in [2.24, 2.45) is 0 Å². The van der Waals surface area contributed by atoms with E-state index in [-0.39, 0.29) is 6.10 Å². The molecule has 0 radical (unpaired) electrons. The van der Waals surface area contributed by atoms with Crippen LogP contribution >= 0.6 is 15.9 Å². The minimum Gasteiger partial charge on any atom is -0.392 e. The van der Waals surface area contributed by atoms with Gasteiger partial charge in [0.15, 0.2) is 0 Å². The van der Waals surface area contributed by atoms with Crippen molar-refractivity contribution in [2.45, 2.75) is 30.2 Å². The van der Waals surface area contributed by atoms with Gasteiger partial charge in [0.2, 0.25) is 0 Å². The molecule has 0 aromatic carbocycles. The third kappa shape index (κ3) is 1.16. The summed E-state index contributed by atoms with van der Waals surface area (Å²) in [7, 11) is 0. The van der Waals surface area contributed by atoms with Gasteiger partial charge in [0.25, 0.3) is 0 Å². The van der Waals surface area contributed by atoms with Gasteiger partial charge in [-0.05, 0) is 19.3 Å². The number of rotatable bonds is 0. The minimum absolute atomic E-state index is 0.0694. The minimum atomic E-state index is -0.0694. The lowest BCUT2D eigenvalue weighted by Gasteiger charge is -2.02. The van der Waals surface area contributed by atoms with Gasteiger partial charge in [-0.1, -0.05) is 15.9 Å². The Kier molecular flexibility index (Phi) is 1.70. The summed E-state index contributed by atoms with van der Waals surface area (Å²) in [4.78, 5) is 0.382. The largest absolute Gasteiger partial charge is 0.392 e. The molecule has 1 rings (SSSR count). The first-order valence-electron chi connectivity index (χ1n) is 2.63. The zero-order chi connectivity index (χ0) is 5.28. The molecule has 1 fully saturated rings. The number of aliphatic hydroxyl groups is 1. The summed E-state index contributed by atoms with van der Waals surface area (Å²) in [6.07, 6.45) is 3.23. The van der Waals surface area contributed by atoms with Crippen LogP contribution in [0.25, 0.3) is 0 Å². The van der Waals surface area contributed by atoms with Crippen molar-refractivity contribution in [1.29, 1.82) is 0 Å². The number of alkyl halides is 1. The van der Waals surface area contributed by atoms with E-state index in [4.69, 9.17) is 5.11 Å². The topological polar surface area (TPSA) is 20.2 Å². The molecule has 1 N–H and O–H groups in total.